The lowest BCUT2D eigenvalue weighted by Crippen LogP contribution is -2.41. The number of hydrogen-bond acceptors (Lipinski definition) is 6. The Labute approximate surface area is 120 Å². The van der Waals surface area contributed by atoms with Crippen LogP contribution in [0.3, 0.4) is 0 Å². The average Bonchev–Trinajstić information content (AvgIpc) is 2.81. The van der Waals surface area contributed by atoms with E-state index < -0.39 is 5.97 Å². The number of carbonyl (C=O) groups is 3. The van der Waals surface area contributed by atoms with Gasteiger partial charge in [0.05, 0.1) is 7.11 Å². The lowest BCUT2D eigenvalue weighted by molar-refractivity contribution is -0.141. The first kappa shape index (κ1) is 16.1. The van der Waals surface area contributed by atoms with Gasteiger partial charge in [-0.3, -0.25) is 14.4 Å². The summed E-state index contributed by atoms with van der Waals surface area (Å²) < 4.78 is 4.57. The zero-order valence-electron chi connectivity index (χ0n) is 11.8. The fourth-order valence-corrected chi connectivity index (χ4v) is 2.15. The number of methoxy groups -OCH3 is 1. The highest BCUT2D eigenvalue weighted by Crippen LogP contribution is 2.17. The number of nitrogens with zero attached hydrogens (tertiary/aromatic N) is 2. The summed E-state index contributed by atoms with van der Waals surface area (Å²) in [6, 6.07) is -0.174. The number of carbonyl (C=O) groups excluding carboxylic acids is 3. The van der Waals surface area contributed by atoms with Crippen LogP contribution in [0.5, 0.6) is 0 Å². The molecule has 1 heterocycles. The van der Waals surface area contributed by atoms with Crippen LogP contribution in [0.1, 0.15) is 31.3 Å². The molecule has 0 fully saturated rings. The molecule has 0 atom stereocenters. The van der Waals surface area contributed by atoms with Crippen LogP contribution in [0.4, 0.5) is 5.13 Å². The summed E-state index contributed by atoms with van der Waals surface area (Å²) in [5, 5.41) is 4.40. The van der Waals surface area contributed by atoms with E-state index in [1.165, 1.54) is 18.9 Å². The molecule has 0 aliphatic heterocycles. The molecule has 0 aliphatic carbocycles. The van der Waals surface area contributed by atoms with Gasteiger partial charge in [0.15, 0.2) is 5.13 Å². The van der Waals surface area contributed by atoms with E-state index in [4.69, 9.17) is 0 Å². The molecule has 0 aliphatic rings. The topological polar surface area (TPSA) is 88.6 Å². The number of aromatic nitrogens is 1. The molecule has 0 aromatic carbocycles. The third-order valence-corrected chi connectivity index (χ3v) is 3.18. The maximum atomic E-state index is 12.3. The fourth-order valence-electron chi connectivity index (χ4n) is 1.42. The van der Waals surface area contributed by atoms with Crippen LogP contribution in [0.15, 0.2) is 5.38 Å². The minimum Gasteiger partial charge on any atom is -0.468 e. The third-order valence-electron chi connectivity index (χ3n) is 2.42. The van der Waals surface area contributed by atoms with Gasteiger partial charge in [-0.25, -0.2) is 4.98 Å². The van der Waals surface area contributed by atoms with Gasteiger partial charge in [-0.1, -0.05) is 0 Å². The SMILES string of the molecule is COC(=O)CN(C(=O)c1csc(NC(C)=O)n1)C(C)C. The van der Waals surface area contributed by atoms with Crippen molar-refractivity contribution < 1.29 is 19.1 Å². The number of amides is 2. The zero-order chi connectivity index (χ0) is 15.3. The Morgan fingerprint density at radius 1 is 1.45 bits per heavy atom. The summed E-state index contributed by atoms with van der Waals surface area (Å²) in [4.78, 5) is 39.9. The summed E-state index contributed by atoms with van der Waals surface area (Å²) in [6.45, 7) is 4.81. The van der Waals surface area contributed by atoms with E-state index in [9.17, 15) is 14.4 Å². The van der Waals surface area contributed by atoms with Gasteiger partial charge in [-0.15, -0.1) is 11.3 Å². The highest BCUT2D eigenvalue weighted by molar-refractivity contribution is 7.14. The normalized spacial score (nSPS) is 10.2. The number of nitrogens with one attached hydrogen (secondary N) is 1. The Kier molecular flexibility index (Phi) is 5.63. The quantitative estimate of drug-likeness (QED) is 0.823. The maximum absolute atomic E-state index is 12.3. The molecule has 0 spiro atoms. The van der Waals surface area contributed by atoms with Crippen molar-refractivity contribution in [1.29, 1.82) is 0 Å². The summed E-state index contributed by atoms with van der Waals surface area (Å²) in [5.74, 6) is -1.13. The van der Waals surface area contributed by atoms with Gasteiger partial charge in [0.2, 0.25) is 5.91 Å². The summed E-state index contributed by atoms with van der Waals surface area (Å²) in [6.07, 6.45) is 0. The molecule has 1 aromatic heterocycles. The van der Waals surface area contributed by atoms with Gasteiger partial charge >= 0.3 is 5.97 Å². The van der Waals surface area contributed by atoms with E-state index in [-0.39, 0.29) is 30.1 Å². The molecule has 1 aromatic rings. The number of anilines is 1. The predicted molar refractivity (Wildman–Crippen MR) is 74.6 cm³/mol. The standard InChI is InChI=1S/C12H17N3O4S/c1-7(2)15(5-10(17)19-4)11(18)9-6-20-12(14-9)13-8(3)16/h6-7H,5H2,1-4H3,(H,13,14,16). The van der Waals surface area contributed by atoms with Crippen molar-refractivity contribution in [1.82, 2.24) is 9.88 Å². The van der Waals surface area contributed by atoms with Crippen LogP contribution in [-0.2, 0) is 14.3 Å². The minimum absolute atomic E-state index is 0.139. The van der Waals surface area contributed by atoms with Crippen molar-refractivity contribution in [2.45, 2.75) is 26.8 Å². The van der Waals surface area contributed by atoms with Crippen molar-refractivity contribution in [2.75, 3.05) is 19.0 Å². The molecule has 110 valence electrons. The van der Waals surface area contributed by atoms with Crippen LogP contribution in [-0.4, -0.2) is 47.4 Å². The second kappa shape index (κ2) is 6.99. The Morgan fingerprint density at radius 2 is 2.10 bits per heavy atom. The minimum atomic E-state index is -0.496. The second-order valence-electron chi connectivity index (χ2n) is 4.32. The molecule has 1 rings (SSSR count). The van der Waals surface area contributed by atoms with Gasteiger partial charge in [0, 0.05) is 18.3 Å². The Balaban J connectivity index is 2.86. The molecule has 8 heteroatoms. The third kappa shape index (κ3) is 4.30. The van der Waals surface area contributed by atoms with Crippen molar-refractivity contribution in [3.63, 3.8) is 0 Å². The number of ether oxygens (including phenoxy) is 1. The van der Waals surface area contributed by atoms with Gasteiger partial charge in [-0.05, 0) is 13.8 Å². The van der Waals surface area contributed by atoms with Crippen LogP contribution >= 0.6 is 11.3 Å². The van der Waals surface area contributed by atoms with Crippen LogP contribution in [0.2, 0.25) is 0 Å². The Morgan fingerprint density at radius 3 is 2.60 bits per heavy atom. The average molecular weight is 299 g/mol. The van der Waals surface area contributed by atoms with E-state index >= 15 is 0 Å². The molecule has 7 nitrogen and oxygen atoms in total. The summed E-state index contributed by atoms with van der Waals surface area (Å²) >= 11 is 1.15. The molecule has 0 saturated heterocycles. The first-order chi connectivity index (χ1) is 9.35. The van der Waals surface area contributed by atoms with Gasteiger partial charge < -0.3 is 15.0 Å². The lowest BCUT2D eigenvalue weighted by Gasteiger charge is -2.24. The smallest absolute Gasteiger partial charge is 0.325 e. The Bertz CT molecular complexity index is 513. The highest BCUT2D eigenvalue weighted by Gasteiger charge is 2.24. The van der Waals surface area contributed by atoms with Crippen molar-refractivity contribution >= 4 is 34.3 Å². The van der Waals surface area contributed by atoms with E-state index in [1.807, 2.05) is 0 Å². The summed E-state index contributed by atoms with van der Waals surface area (Å²) in [5.41, 5.74) is 0.191. The molecule has 0 radical (unpaired) electrons. The van der Waals surface area contributed by atoms with Crippen molar-refractivity contribution in [3.8, 4) is 0 Å². The largest absolute Gasteiger partial charge is 0.468 e. The molecule has 0 bridgehead atoms. The fraction of sp³-hybridized carbons (Fsp3) is 0.500. The van der Waals surface area contributed by atoms with Gasteiger partial charge in [-0.2, -0.15) is 0 Å². The number of rotatable bonds is 5. The van der Waals surface area contributed by atoms with Gasteiger partial charge in [0.25, 0.3) is 5.91 Å². The van der Waals surface area contributed by atoms with Crippen molar-refractivity contribution in [3.05, 3.63) is 11.1 Å². The van der Waals surface area contributed by atoms with E-state index in [1.54, 1.807) is 19.2 Å². The number of esters is 1. The van der Waals surface area contributed by atoms with Crippen LogP contribution in [0.25, 0.3) is 0 Å². The number of thiazole rings is 1. The molecule has 0 saturated carbocycles. The molecule has 1 N–H and O–H groups in total. The van der Waals surface area contributed by atoms with Crippen LogP contribution in [0, 0.1) is 0 Å². The Hall–Kier alpha value is -1.96. The lowest BCUT2D eigenvalue weighted by atomic mass is 10.3. The molecule has 0 unspecified atom stereocenters. The molecule has 20 heavy (non-hydrogen) atoms. The molecule has 2 amide bonds. The first-order valence-electron chi connectivity index (χ1n) is 5.96. The van der Waals surface area contributed by atoms with E-state index in [0.717, 1.165) is 11.3 Å². The number of hydrogen-bond donors (Lipinski definition) is 1. The second-order valence-corrected chi connectivity index (χ2v) is 5.18. The van der Waals surface area contributed by atoms with Gasteiger partial charge in [0.1, 0.15) is 12.2 Å². The zero-order valence-corrected chi connectivity index (χ0v) is 12.6. The summed E-state index contributed by atoms with van der Waals surface area (Å²) in [7, 11) is 1.27. The van der Waals surface area contributed by atoms with E-state index in [2.05, 4.69) is 15.0 Å². The van der Waals surface area contributed by atoms with Crippen LogP contribution < -0.4 is 5.32 Å². The highest BCUT2D eigenvalue weighted by atomic mass is 32.1. The van der Waals surface area contributed by atoms with Crippen molar-refractivity contribution in [2.24, 2.45) is 0 Å². The van der Waals surface area contributed by atoms with E-state index in [0.29, 0.717) is 5.13 Å². The monoisotopic (exact) mass is 299 g/mol. The molecular weight excluding hydrogens is 282 g/mol. The first-order valence-corrected chi connectivity index (χ1v) is 6.84. The predicted octanol–water partition coefficient (Wildman–Crippen LogP) is 1.13. The molecular formula is C12H17N3O4S. The maximum Gasteiger partial charge on any atom is 0.325 e.